The third-order valence-corrected chi connectivity index (χ3v) is 2.00. The highest BCUT2D eigenvalue weighted by molar-refractivity contribution is 5.97. The third-order valence-electron chi connectivity index (χ3n) is 2.00. The van der Waals surface area contributed by atoms with E-state index in [4.69, 9.17) is 10.8 Å². The second-order valence-electron chi connectivity index (χ2n) is 4.28. The number of amides is 1. The SMILES string of the molecule is CC(C)(N)C(=O)Nc1ccc(CC(=O)O)nc1. The first kappa shape index (κ1) is 13.1. The highest BCUT2D eigenvalue weighted by atomic mass is 16.4. The predicted octanol–water partition coefficient (Wildman–Crippen LogP) is 0.384. The van der Waals surface area contributed by atoms with Gasteiger partial charge in [0.25, 0.3) is 0 Å². The van der Waals surface area contributed by atoms with Gasteiger partial charge in [-0.1, -0.05) is 0 Å². The minimum Gasteiger partial charge on any atom is -0.481 e. The molecule has 92 valence electrons. The molecule has 6 nitrogen and oxygen atoms in total. The summed E-state index contributed by atoms with van der Waals surface area (Å²) in [4.78, 5) is 25.9. The van der Waals surface area contributed by atoms with E-state index < -0.39 is 11.5 Å². The van der Waals surface area contributed by atoms with Gasteiger partial charge < -0.3 is 16.2 Å². The Kier molecular flexibility index (Phi) is 3.80. The first-order chi connectivity index (χ1) is 7.79. The smallest absolute Gasteiger partial charge is 0.309 e. The molecular formula is C11H15N3O3. The van der Waals surface area contributed by atoms with Crippen LogP contribution in [0.1, 0.15) is 19.5 Å². The number of rotatable bonds is 4. The van der Waals surface area contributed by atoms with Crippen LogP contribution in [-0.4, -0.2) is 27.5 Å². The van der Waals surface area contributed by atoms with Crippen molar-refractivity contribution < 1.29 is 14.7 Å². The van der Waals surface area contributed by atoms with Gasteiger partial charge in [-0.15, -0.1) is 0 Å². The Bertz CT molecular complexity index is 421. The first-order valence-corrected chi connectivity index (χ1v) is 5.06. The van der Waals surface area contributed by atoms with Gasteiger partial charge in [-0.25, -0.2) is 0 Å². The van der Waals surface area contributed by atoms with Crippen molar-refractivity contribution >= 4 is 17.6 Å². The minimum absolute atomic E-state index is 0.142. The maximum absolute atomic E-state index is 11.5. The molecule has 4 N–H and O–H groups in total. The lowest BCUT2D eigenvalue weighted by Crippen LogP contribution is -2.45. The van der Waals surface area contributed by atoms with Gasteiger partial charge in [0.15, 0.2) is 0 Å². The Morgan fingerprint density at radius 2 is 2.12 bits per heavy atom. The number of nitrogens with zero attached hydrogens (tertiary/aromatic N) is 1. The topological polar surface area (TPSA) is 105 Å². The zero-order valence-electron chi connectivity index (χ0n) is 9.73. The Hall–Kier alpha value is -1.95. The number of carboxylic acids is 1. The van der Waals surface area contributed by atoms with Crippen LogP contribution in [0.4, 0.5) is 5.69 Å². The molecule has 0 radical (unpaired) electrons. The number of carbonyl (C=O) groups excluding carboxylic acids is 1. The number of aromatic nitrogens is 1. The van der Waals surface area contributed by atoms with Gasteiger partial charge in [0.05, 0.1) is 29.5 Å². The van der Waals surface area contributed by atoms with Gasteiger partial charge >= 0.3 is 5.97 Å². The summed E-state index contributed by atoms with van der Waals surface area (Å²) in [6.45, 7) is 3.18. The van der Waals surface area contributed by atoms with Crippen LogP contribution in [-0.2, 0) is 16.0 Å². The fourth-order valence-electron chi connectivity index (χ4n) is 1.05. The van der Waals surface area contributed by atoms with Crippen LogP contribution in [0.2, 0.25) is 0 Å². The number of pyridine rings is 1. The molecule has 0 aliphatic heterocycles. The average molecular weight is 237 g/mol. The highest BCUT2D eigenvalue weighted by Gasteiger charge is 2.21. The molecule has 1 aromatic rings. The molecule has 17 heavy (non-hydrogen) atoms. The molecule has 0 bridgehead atoms. The van der Waals surface area contributed by atoms with Crippen LogP contribution >= 0.6 is 0 Å². The number of hydrogen-bond acceptors (Lipinski definition) is 4. The zero-order chi connectivity index (χ0) is 13.1. The number of carboxylic acid groups (broad SMARTS) is 1. The van der Waals surface area contributed by atoms with Crippen molar-refractivity contribution in [3.63, 3.8) is 0 Å². The first-order valence-electron chi connectivity index (χ1n) is 5.06. The largest absolute Gasteiger partial charge is 0.481 e. The van der Waals surface area contributed by atoms with Crippen LogP contribution in [0.3, 0.4) is 0 Å². The monoisotopic (exact) mass is 237 g/mol. The van der Waals surface area contributed by atoms with Crippen molar-refractivity contribution in [2.75, 3.05) is 5.32 Å². The minimum atomic E-state index is -0.972. The third kappa shape index (κ3) is 4.20. The predicted molar refractivity (Wildman–Crippen MR) is 62.5 cm³/mol. The van der Waals surface area contributed by atoms with E-state index in [0.717, 1.165) is 0 Å². The van der Waals surface area contributed by atoms with E-state index in [1.54, 1.807) is 26.0 Å². The Morgan fingerprint density at radius 1 is 1.47 bits per heavy atom. The number of hydrogen-bond donors (Lipinski definition) is 3. The number of anilines is 1. The lowest BCUT2D eigenvalue weighted by Gasteiger charge is -2.17. The van der Waals surface area contributed by atoms with E-state index >= 15 is 0 Å². The van der Waals surface area contributed by atoms with Gasteiger partial charge in [0.2, 0.25) is 5.91 Å². The Labute approximate surface area is 98.8 Å². The number of carbonyl (C=O) groups is 2. The summed E-state index contributed by atoms with van der Waals surface area (Å²) in [5, 5.41) is 11.2. The van der Waals surface area contributed by atoms with E-state index in [9.17, 15) is 9.59 Å². The molecule has 0 unspecified atom stereocenters. The zero-order valence-corrected chi connectivity index (χ0v) is 9.73. The summed E-state index contributed by atoms with van der Waals surface area (Å²) in [6.07, 6.45) is 1.26. The standard InChI is InChI=1S/C11H15N3O3/c1-11(2,12)10(17)14-8-4-3-7(13-6-8)5-9(15)16/h3-4,6H,5,12H2,1-2H3,(H,14,17)(H,15,16). The van der Waals surface area contributed by atoms with E-state index in [1.807, 2.05) is 0 Å². The summed E-state index contributed by atoms with van der Waals surface area (Å²) in [7, 11) is 0. The Balaban J connectivity index is 2.69. The molecule has 6 heteroatoms. The molecule has 1 amide bonds. The van der Waals surface area contributed by atoms with Gasteiger partial charge in [0.1, 0.15) is 0 Å². The van der Waals surface area contributed by atoms with Crippen LogP contribution < -0.4 is 11.1 Å². The molecule has 0 saturated heterocycles. The fourth-order valence-corrected chi connectivity index (χ4v) is 1.05. The molecule has 1 heterocycles. The molecule has 0 spiro atoms. The molecule has 0 fully saturated rings. The molecule has 0 saturated carbocycles. The van der Waals surface area contributed by atoms with Crippen LogP contribution in [0.25, 0.3) is 0 Å². The summed E-state index contributed by atoms with van der Waals surface area (Å²) in [5.41, 5.74) is 5.56. The normalized spacial score (nSPS) is 11.0. The van der Waals surface area contributed by atoms with Crippen molar-refractivity contribution in [3.8, 4) is 0 Å². The number of aliphatic carboxylic acids is 1. The number of nitrogens with two attached hydrogens (primary N) is 1. The molecule has 0 aliphatic carbocycles. The van der Waals surface area contributed by atoms with Gasteiger partial charge in [-0.2, -0.15) is 0 Å². The lowest BCUT2D eigenvalue weighted by molar-refractivity contribution is -0.136. The van der Waals surface area contributed by atoms with E-state index in [1.165, 1.54) is 6.20 Å². The van der Waals surface area contributed by atoms with Crippen molar-refractivity contribution in [3.05, 3.63) is 24.0 Å². The number of nitrogens with one attached hydrogen (secondary N) is 1. The van der Waals surface area contributed by atoms with Crippen molar-refractivity contribution in [2.45, 2.75) is 25.8 Å². The second kappa shape index (κ2) is 4.92. The molecular weight excluding hydrogens is 222 g/mol. The van der Waals surface area contributed by atoms with Crippen LogP contribution in [0.15, 0.2) is 18.3 Å². The highest BCUT2D eigenvalue weighted by Crippen LogP contribution is 2.09. The van der Waals surface area contributed by atoms with E-state index in [2.05, 4.69) is 10.3 Å². The maximum atomic E-state index is 11.5. The van der Waals surface area contributed by atoms with Crippen LogP contribution in [0, 0.1) is 0 Å². The summed E-state index contributed by atoms with van der Waals surface area (Å²) in [6, 6.07) is 3.14. The summed E-state index contributed by atoms with van der Waals surface area (Å²) in [5.74, 6) is -1.28. The molecule has 1 aromatic heterocycles. The second-order valence-corrected chi connectivity index (χ2v) is 4.28. The molecule has 0 atom stereocenters. The van der Waals surface area contributed by atoms with Crippen molar-refractivity contribution in [1.29, 1.82) is 0 Å². The van der Waals surface area contributed by atoms with E-state index in [-0.39, 0.29) is 12.3 Å². The van der Waals surface area contributed by atoms with E-state index in [0.29, 0.717) is 11.4 Å². The van der Waals surface area contributed by atoms with Crippen molar-refractivity contribution in [1.82, 2.24) is 4.98 Å². The van der Waals surface area contributed by atoms with Gasteiger partial charge in [-0.3, -0.25) is 14.6 Å². The molecule has 0 aliphatic rings. The van der Waals surface area contributed by atoms with Crippen molar-refractivity contribution in [2.24, 2.45) is 5.73 Å². The Morgan fingerprint density at radius 3 is 2.53 bits per heavy atom. The summed E-state index contributed by atoms with van der Waals surface area (Å²) >= 11 is 0. The molecule has 0 aromatic carbocycles. The van der Waals surface area contributed by atoms with Gasteiger partial charge in [-0.05, 0) is 26.0 Å². The maximum Gasteiger partial charge on any atom is 0.309 e. The molecule has 1 rings (SSSR count). The summed E-state index contributed by atoms with van der Waals surface area (Å²) < 4.78 is 0. The fraction of sp³-hybridized carbons (Fsp3) is 0.364. The average Bonchev–Trinajstić information content (AvgIpc) is 2.18. The quantitative estimate of drug-likeness (QED) is 0.702. The van der Waals surface area contributed by atoms with Gasteiger partial charge in [0, 0.05) is 0 Å². The lowest BCUT2D eigenvalue weighted by atomic mass is 10.1. The van der Waals surface area contributed by atoms with Crippen LogP contribution in [0.5, 0.6) is 0 Å².